The van der Waals surface area contributed by atoms with Crippen molar-refractivity contribution in [3.63, 3.8) is 0 Å². The van der Waals surface area contributed by atoms with Gasteiger partial charge in [0.25, 0.3) is 0 Å². The Morgan fingerprint density at radius 1 is 0.824 bits per heavy atom. The van der Waals surface area contributed by atoms with Crippen molar-refractivity contribution in [1.29, 1.82) is 5.26 Å². The molecule has 0 bridgehead atoms. The van der Waals surface area contributed by atoms with Crippen LogP contribution in [0.15, 0.2) is 54.6 Å². The summed E-state index contributed by atoms with van der Waals surface area (Å²) in [6.07, 6.45) is 0. The molecule has 84 valence electrons. The van der Waals surface area contributed by atoms with E-state index in [1.54, 1.807) is 24.3 Å². The van der Waals surface area contributed by atoms with Gasteiger partial charge in [-0.2, -0.15) is 5.26 Å². The minimum Gasteiger partial charge on any atom is -0.458 e. The fraction of sp³-hybridized carbons (Fsp3) is 0.0714. The Balaban J connectivity index is 1.84. The van der Waals surface area contributed by atoms with Gasteiger partial charge in [0.1, 0.15) is 11.5 Å². The van der Waals surface area contributed by atoms with E-state index in [0.717, 1.165) is 5.75 Å². The summed E-state index contributed by atoms with van der Waals surface area (Å²) in [5, 5.41) is 8.64. The number of hydrogen-bond acceptors (Lipinski definition) is 3. The molecule has 2 aromatic rings. The van der Waals surface area contributed by atoms with Crippen molar-refractivity contribution in [2.45, 2.75) is 0 Å². The molecule has 0 spiro atoms. The van der Waals surface area contributed by atoms with E-state index in [0.29, 0.717) is 11.3 Å². The predicted molar refractivity (Wildman–Crippen MR) is 63.7 cm³/mol. The summed E-state index contributed by atoms with van der Waals surface area (Å²) in [7, 11) is 0. The first-order valence-corrected chi connectivity index (χ1v) is 5.19. The number of benzene rings is 2. The molecular weight excluding hydrogens is 214 g/mol. The lowest BCUT2D eigenvalue weighted by atomic mass is 10.2. The van der Waals surface area contributed by atoms with Crippen LogP contribution in [0.25, 0.3) is 0 Å². The van der Waals surface area contributed by atoms with E-state index in [4.69, 9.17) is 14.7 Å². The van der Waals surface area contributed by atoms with Crippen LogP contribution in [0, 0.1) is 11.3 Å². The standard InChI is InChI=1S/C14H11NO2/c15-10-12-6-8-14(9-7-12)17-11-16-13-4-2-1-3-5-13/h1-9H,11H2. The van der Waals surface area contributed by atoms with E-state index >= 15 is 0 Å². The van der Waals surface area contributed by atoms with Crippen LogP contribution < -0.4 is 9.47 Å². The molecule has 0 fully saturated rings. The molecule has 0 aliphatic rings. The largest absolute Gasteiger partial charge is 0.458 e. The lowest BCUT2D eigenvalue weighted by molar-refractivity contribution is 0.120. The van der Waals surface area contributed by atoms with Crippen LogP contribution in [-0.4, -0.2) is 6.79 Å². The summed E-state index contributed by atoms with van der Waals surface area (Å²) in [6, 6.07) is 18.4. The Hall–Kier alpha value is -2.47. The lowest BCUT2D eigenvalue weighted by Crippen LogP contribution is -2.05. The molecular formula is C14H11NO2. The molecule has 2 rings (SSSR count). The van der Waals surface area contributed by atoms with Gasteiger partial charge in [-0.1, -0.05) is 18.2 Å². The van der Waals surface area contributed by atoms with Gasteiger partial charge in [0.15, 0.2) is 0 Å². The van der Waals surface area contributed by atoms with E-state index in [1.165, 1.54) is 0 Å². The number of nitrogens with zero attached hydrogens (tertiary/aromatic N) is 1. The number of hydrogen-bond donors (Lipinski definition) is 0. The third-order valence-electron chi connectivity index (χ3n) is 2.18. The van der Waals surface area contributed by atoms with Crippen molar-refractivity contribution in [2.75, 3.05) is 6.79 Å². The second-order valence-corrected chi connectivity index (χ2v) is 3.36. The first-order chi connectivity index (χ1) is 8.38. The van der Waals surface area contributed by atoms with Gasteiger partial charge >= 0.3 is 0 Å². The zero-order valence-electron chi connectivity index (χ0n) is 9.17. The van der Waals surface area contributed by atoms with Crippen LogP contribution >= 0.6 is 0 Å². The summed E-state index contributed by atoms with van der Waals surface area (Å²) in [5.74, 6) is 1.45. The number of ether oxygens (including phenoxy) is 2. The molecule has 0 aromatic heterocycles. The molecule has 0 saturated heterocycles. The van der Waals surface area contributed by atoms with Crippen LogP contribution in [0.5, 0.6) is 11.5 Å². The second kappa shape index (κ2) is 5.57. The number of nitriles is 1. The minimum atomic E-state index is 0.149. The predicted octanol–water partition coefficient (Wildman–Crippen LogP) is 2.97. The van der Waals surface area contributed by atoms with Crippen LogP contribution in [0.2, 0.25) is 0 Å². The van der Waals surface area contributed by atoms with Crippen molar-refractivity contribution in [3.05, 3.63) is 60.2 Å². The number of para-hydroxylation sites is 1. The summed E-state index contributed by atoms with van der Waals surface area (Å²) in [4.78, 5) is 0. The van der Waals surface area contributed by atoms with E-state index in [-0.39, 0.29) is 6.79 Å². The number of rotatable bonds is 4. The molecule has 0 unspecified atom stereocenters. The smallest absolute Gasteiger partial charge is 0.230 e. The molecule has 0 radical (unpaired) electrons. The molecule has 0 amide bonds. The maximum atomic E-state index is 8.64. The van der Waals surface area contributed by atoms with Gasteiger partial charge in [-0.3, -0.25) is 0 Å². The van der Waals surface area contributed by atoms with Crippen molar-refractivity contribution in [1.82, 2.24) is 0 Å². The van der Waals surface area contributed by atoms with Crippen LogP contribution in [0.1, 0.15) is 5.56 Å². The lowest BCUT2D eigenvalue weighted by Gasteiger charge is -2.07. The molecule has 0 atom stereocenters. The maximum absolute atomic E-state index is 8.64. The van der Waals surface area contributed by atoms with Crippen molar-refractivity contribution in [2.24, 2.45) is 0 Å². The summed E-state index contributed by atoms with van der Waals surface area (Å²) in [5.41, 5.74) is 0.612. The third kappa shape index (κ3) is 3.25. The highest BCUT2D eigenvalue weighted by atomic mass is 16.7. The highest BCUT2D eigenvalue weighted by molar-refractivity contribution is 5.34. The van der Waals surface area contributed by atoms with Gasteiger partial charge in [0.05, 0.1) is 11.6 Å². The van der Waals surface area contributed by atoms with E-state index in [9.17, 15) is 0 Å². The Morgan fingerprint density at radius 3 is 2.00 bits per heavy atom. The highest BCUT2D eigenvalue weighted by Crippen LogP contribution is 2.13. The Labute approximate surface area is 99.8 Å². The Kier molecular flexibility index (Phi) is 3.61. The zero-order valence-corrected chi connectivity index (χ0v) is 9.17. The van der Waals surface area contributed by atoms with Crippen molar-refractivity contribution < 1.29 is 9.47 Å². The second-order valence-electron chi connectivity index (χ2n) is 3.36. The summed E-state index contributed by atoms with van der Waals surface area (Å²) < 4.78 is 10.8. The average Bonchev–Trinajstić information content (AvgIpc) is 2.41. The van der Waals surface area contributed by atoms with Crippen molar-refractivity contribution >= 4 is 0 Å². The first-order valence-electron chi connectivity index (χ1n) is 5.19. The van der Waals surface area contributed by atoms with Gasteiger partial charge in [0.2, 0.25) is 6.79 Å². The normalized spacial score (nSPS) is 9.35. The Bertz CT molecular complexity index is 500. The molecule has 0 aliphatic carbocycles. The molecule has 0 heterocycles. The highest BCUT2D eigenvalue weighted by Gasteiger charge is 1.95. The van der Waals surface area contributed by atoms with Crippen LogP contribution in [0.4, 0.5) is 0 Å². The van der Waals surface area contributed by atoms with Gasteiger partial charge in [-0.05, 0) is 36.4 Å². The van der Waals surface area contributed by atoms with Gasteiger partial charge in [-0.15, -0.1) is 0 Å². The molecule has 3 nitrogen and oxygen atoms in total. The molecule has 0 aliphatic heterocycles. The van der Waals surface area contributed by atoms with Crippen LogP contribution in [-0.2, 0) is 0 Å². The van der Waals surface area contributed by atoms with Gasteiger partial charge in [-0.25, -0.2) is 0 Å². The maximum Gasteiger partial charge on any atom is 0.230 e. The Morgan fingerprint density at radius 2 is 1.41 bits per heavy atom. The van der Waals surface area contributed by atoms with E-state index in [2.05, 4.69) is 0 Å². The third-order valence-corrected chi connectivity index (χ3v) is 2.18. The molecule has 2 aromatic carbocycles. The molecule has 0 N–H and O–H groups in total. The van der Waals surface area contributed by atoms with E-state index < -0.39 is 0 Å². The van der Waals surface area contributed by atoms with Gasteiger partial charge < -0.3 is 9.47 Å². The zero-order chi connectivity index (χ0) is 11.9. The van der Waals surface area contributed by atoms with Crippen molar-refractivity contribution in [3.8, 4) is 17.6 Å². The first kappa shape index (κ1) is 11.0. The SMILES string of the molecule is N#Cc1ccc(OCOc2ccccc2)cc1. The fourth-order valence-electron chi connectivity index (χ4n) is 1.31. The monoisotopic (exact) mass is 225 g/mol. The average molecular weight is 225 g/mol. The van der Waals surface area contributed by atoms with Crippen LogP contribution in [0.3, 0.4) is 0 Å². The minimum absolute atomic E-state index is 0.149. The topological polar surface area (TPSA) is 42.2 Å². The van der Waals surface area contributed by atoms with Gasteiger partial charge in [0, 0.05) is 0 Å². The summed E-state index contributed by atoms with van der Waals surface area (Å²) >= 11 is 0. The quantitative estimate of drug-likeness (QED) is 0.751. The molecule has 0 saturated carbocycles. The molecule has 3 heteroatoms. The fourth-order valence-corrected chi connectivity index (χ4v) is 1.31. The van der Waals surface area contributed by atoms with E-state index in [1.807, 2.05) is 36.4 Å². The molecule has 17 heavy (non-hydrogen) atoms. The summed E-state index contributed by atoms with van der Waals surface area (Å²) in [6.45, 7) is 0.149.